The summed E-state index contributed by atoms with van der Waals surface area (Å²) in [5, 5.41) is 9.00. The van der Waals surface area contributed by atoms with Crippen LogP contribution in [0.3, 0.4) is 0 Å². The van der Waals surface area contributed by atoms with Crippen molar-refractivity contribution in [2.45, 2.75) is 5.16 Å². The first-order valence-corrected chi connectivity index (χ1v) is 6.34. The van der Waals surface area contributed by atoms with Crippen molar-refractivity contribution in [3.8, 4) is 0 Å². The second-order valence-electron chi connectivity index (χ2n) is 3.72. The van der Waals surface area contributed by atoms with Crippen molar-refractivity contribution in [2.75, 3.05) is 11.1 Å². The van der Waals surface area contributed by atoms with Crippen molar-refractivity contribution < 1.29 is 9.18 Å². The molecular weight excluding hydrogens is 271 g/mol. The maximum absolute atomic E-state index is 12.9. The number of aromatic amines is 1. The molecule has 0 unspecified atom stereocenters. The Morgan fingerprint density at radius 2 is 2.37 bits per heavy atom. The Hall–Kier alpha value is -2.09. The molecule has 2 aromatic rings. The second kappa shape index (κ2) is 5.70. The fourth-order valence-corrected chi connectivity index (χ4v) is 2.07. The molecule has 19 heavy (non-hydrogen) atoms. The smallest absolute Gasteiger partial charge is 0.325 e. The summed E-state index contributed by atoms with van der Waals surface area (Å²) in [5.74, 6) is -0.638. The van der Waals surface area contributed by atoms with E-state index in [2.05, 4.69) is 15.5 Å². The summed E-state index contributed by atoms with van der Waals surface area (Å²) in [7, 11) is 1.55. The third-order valence-corrected chi connectivity index (χ3v) is 3.31. The van der Waals surface area contributed by atoms with Gasteiger partial charge in [0.15, 0.2) is 5.16 Å². The Labute approximate surface area is 112 Å². The first kappa shape index (κ1) is 13.3. The Bertz CT molecular complexity index is 652. The minimum atomic E-state index is -0.417. The van der Waals surface area contributed by atoms with Crippen LogP contribution in [0.5, 0.6) is 0 Å². The lowest BCUT2D eigenvalue weighted by atomic mass is 10.3. The zero-order chi connectivity index (χ0) is 13.8. The SMILES string of the molecule is Cn1c(SCC(=O)Nc2cccc(F)c2)n[nH]c1=O. The zero-order valence-electron chi connectivity index (χ0n) is 10.0. The largest absolute Gasteiger partial charge is 0.343 e. The standard InChI is InChI=1S/C11H11FN4O2S/c1-16-10(18)14-15-11(16)19-6-9(17)13-8-4-2-3-7(12)5-8/h2-5H,6H2,1H3,(H,13,17)(H,14,18). The molecule has 1 heterocycles. The van der Waals surface area contributed by atoms with Crippen LogP contribution < -0.4 is 11.0 Å². The van der Waals surface area contributed by atoms with E-state index in [0.29, 0.717) is 10.8 Å². The molecule has 0 bridgehead atoms. The van der Waals surface area contributed by atoms with Gasteiger partial charge in [0.2, 0.25) is 5.91 Å². The van der Waals surface area contributed by atoms with Gasteiger partial charge < -0.3 is 5.32 Å². The van der Waals surface area contributed by atoms with E-state index in [1.54, 1.807) is 13.1 Å². The van der Waals surface area contributed by atoms with Crippen LogP contribution in [0, 0.1) is 5.82 Å². The van der Waals surface area contributed by atoms with Crippen LogP contribution in [0.15, 0.2) is 34.2 Å². The number of thioether (sulfide) groups is 1. The fraction of sp³-hybridized carbons (Fsp3) is 0.182. The van der Waals surface area contributed by atoms with E-state index in [-0.39, 0.29) is 17.3 Å². The lowest BCUT2D eigenvalue weighted by Crippen LogP contribution is -2.16. The highest BCUT2D eigenvalue weighted by molar-refractivity contribution is 7.99. The summed E-state index contributed by atoms with van der Waals surface area (Å²) in [4.78, 5) is 22.7. The predicted octanol–water partition coefficient (Wildman–Crippen LogP) is 0.978. The monoisotopic (exact) mass is 282 g/mol. The summed E-state index contributed by atoms with van der Waals surface area (Å²) in [6.07, 6.45) is 0. The summed E-state index contributed by atoms with van der Waals surface area (Å²) in [6, 6.07) is 5.63. The van der Waals surface area contributed by atoms with E-state index in [4.69, 9.17) is 0 Å². The average Bonchev–Trinajstić information content (AvgIpc) is 2.68. The Kier molecular flexibility index (Phi) is 4.00. The van der Waals surface area contributed by atoms with Crippen molar-refractivity contribution >= 4 is 23.4 Å². The summed E-state index contributed by atoms with van der Waals surface area (Å²) < 4.78 is 14.2. The quantitative estimate of drug-likeness (QED) is 0.819. The van der Waals surface area contributed by atoms with Gasteiger partial charge in [0, 0.05) is 12.7 Å². The first-order valence-electron chi connectivity index (χ1n) is 5.36. The van der Waals surface area contributed by atoms with E-state index in [9.17, 15) is 14.0 Å². The van der Waals surface area contributed by atoms with Gasteiger partial charge in [-0.05, 0) is 18.2 Å². The molecular formula is C11H11FN4O2S. The molecule has 100 valence electrons. The Balaban J connectivity index is 1.92. The van der Waals surface area contributed by atoms with E-state index < -0.39 is 5.82 Å². The number of carbonyl (C=O) groups excluding carboxylic acids is 1. The molecule has 0 saturated carbocycles. The number of H-pyrrole nitrogens is 1. The fourth-order valence-electron chi connectivity index (χ4n) is 1.36. The molecule has 8 heteroatoms. The number of nitrogens with zero attached hydrogens (tertiary/aromatic N) is 2. The van der Waals surface area contributed by atoms with Gasteiger partial charge in [0.1, 0.15) is 5.82 Å². The number of anilines is 1. The molecule has 0 fully saturated rings. The number of rotatable bonds is 4. The van der Waals surface area contributed by atoms with Gasteiger partial charge in [-0.25, -0.2) is 14.3 Å². The highest BCUT2D eigenvalue weighted by atomic mass is 32.2. The highest BCUT2D eigenvalue weighted by Gasteiger charge is 2.09. The lowest BCUT2D eigenvalue weighted by Gasteiger charge is -2.04. The third-order valence-electron chi connectivity index (χ3n) is 2.28. The number of amides is 1. The van der Waals surface area contributed by atoms with Gasteiger partial charge >= 0.3 is 5.69 Å². The normalized spacial score (nSPS) is 10.4. The number of nitrogens with one attached hydrogen (secondary N) is 2. The van der Waals surface area contributed by atoms with Crippen molar-refractivity contribution in [2.24, 2.45) is 7.05 Å². The molecule has 6 nitrogen and oxygen atoms in total. The summed E-state index contributed by atoms with van der Waals surface area (Å²) in [6.45, 7) is 0. The number of halogens is 1. The van der Waals surface area contributed by atoms with E-state index in [1.807, 2.05) is 0 Å². The van der Waals surface area contributed by atoms with E-state index in [0.717, 1.165) is 11.8 Å². The first-order chi connectivity index (χ1) is 9.06. The van der Waals surface area contributed by atoms with Gasteiger partial charge in [-0.2, -0.15) is 0 Å². The van der Waals surface area contributed by atoms with Crippen LogP contribution >= 0.6 is 11.8 Å². The van der Waals surface area contributed by atoms with Gasteiger partial charge in [0.05, 0.1) is 5.75 Å². The Morgan fingerprint density at radius 1 is 1.58 bits per heavy atom. The van der Waals surface area contributed by atoms with Crippen LogP contribution in [0.2, 0.25) is 0 Å². The van der Waals surface area contributed by atoms with E-state index >= 15 is 0 Å². The highest BCUT2D eigenvalue weighted by Crippen LogP contribution is 2.13. The zero-order valence-corrected chi connectivity index (χ0v) is 10.8. The molecule has 1 amide bonds. The molecule has 0 spiro atoms. The van der Waals surface area contributed by atoms with Crippen LogP contribution in [0.1, 0.15) is 0 Å². The molecule has 0 saturated heterocycles. The van der Waals surface area contributed by atoms with Crippen LogP contribution in [0.25, 0.3) is 0 Å². The number of aromatic nitrogens is 3. The molecule has 2 rings (SSSR count). The minimum absolute atomic E-state index is 0.0780. The summed E-state index contributed by atoms with van der Waals surface area (Å²) >= 11 is 1.11. The van der Waals surface area contributed by atoms with Crippen molar-refractivity contribution in [1.29, 1.82) is 0 Å². The van der Waals surface area contributed by atoms with Gasteiger partial charge in [-0.1, -0.05) is 17.8 Å². The number of hydrogen-bond acceptors (Lipinski definition) is 4. The predicted molar refractivity (Wildman–Crippen MR) is 69.6 cm³/mol. The van der Waals surface area contributed by atoms with Crippen molar-refractivity contribution in [3.05, 3.63) is 40.6 Å². The minimum Gasteiger partial charge on any atom is -0.325 e. The maximum atomic E-state index is 12.9. The molecule has 0 aliphatic carbocycles. The number of hydrogen-bond donors (Lipinski definition) is 2. The van der Waals surface area contributed by atoms with Gasteiger partial charge in [-0.3, -0.25) is 9.36 Å². The van der Waals surface area contributed by atoms with Gasteiger partial charge in [0.25, 0.3) is 0 Å². The molecule has 1 aromatic carbocycles. The van der Waals surface area contributed by atoms with Crippen LogP contribution in [0.4, 0.5) is 10.1 Å². The maximum Gasteiger partial charge on any atom is 0.343 e. The summed E-state index contributed by atoms with van der Waals surface area (Å²) in [5.41, 5.74) is 0.0505. The number of benzene rings is 1. The molecule has 0 radical (unpaired) electrons. The Morgan fingerprint density at radius 3 is 3.00 bits per heavy atom. The van der Waals surface area contributed by atoms with Gasteiger partial charge in [-0.15, -0.1) is 5.10 Å². The lowest BCUT2D eigenvalue weighted by molar-refractivity contribution is -0.113. The number of carbonyl (C=O) groups is 1. The molecule has 0 aliphatic rings. The molecule has 1 aromatic heterocycles. The molecule has 2 N–H and O–H groups in total. The second-order valence-corrected chi connectivity index (χ2v) is 4.66. The average molecular weight is 282 g/mol. The van der Waals surface area contributed by atoms with Crippen molar-refractivity contribution in [3.63, 3.8) is 0 Å². The van der Waals surface area contributed by atoms with Crippen LogP contribution in [-0.4, -0.2) is 26.4 Å². The van der Waals surface area contributed by atoms with Crippen molar-refractivity contribution in [1.82, 2.24) is 14.8 Å². The molecule has 0 atom stereocenters. The van der Waals surface area contributed by atoms with Crippen LogP contribution in [-0.2, 0) is 11.8 Å². The van der Waals surface area contributed by atoms with E-state index in [1.165, 1.54) is 22.8 Å². The third kappa shape index (κ3) is 3.44. The molecule has 0 aliphatic heterocycles. The topological polar surface area (TPSA) is 79.8 Å².